The van der Waals surface area contributed by atoms with E-state index in [1.165, 1.54) is 13.2 Å². The first-order chi connectivity index (χ1) is 7.63. The van der Waals surface area contributed by atoms with Gasteiger partial charge in [-0.25, -0.2) is 14.6 Å². The molecule has 2 N–H and O–H groups in total. The fourth-order valence-corrected chi connectivity index (χ4v) is 0.837. The van der Waals surface area contributed by atoms with E-state index in [1.54, 1.807) is 6.08 Å². The zero-order chi connectivity index (χ0) is 12.0. The van der Waals surface area contributed by atoms with Crippen molar-refractivity contribution >= 4 is 18.1 Å². The molecule has 0 radical (unpaired) electrons. The van der Waals surface area contributed by atoms with Crippen LogP contribution in [-0.4, -0.2) is 35.8 Å². The highest BCUT2D eigenvalue weighted by Crippen LogP contribution is 2.03. The minimum atomic E-state index is -1.16. The maximum atomic E-state index is 10.6. The molecule has 0 saturated carbocycles. The minimum absolute atomic E-state index is 0.157. The summed E-state index contributed by atoms with van der Waals surface area (Å²) in [4.78, 5) is 24.7. The number of nitrogens with one attached hydrogen (secondary N) is 1. The van der Waals surface area contributed by atoms with Gasteiger partial charge in [-0.15, -0.1) is 0 Å². The number of aromatic nitrogens is 1. The van der Waals surface area contributed by atoms with E-state index in [0.29, 0.717) is 0 Å². The number of amides is 1. The monoisotopic (exact) mass is 226 g/mol. The molecule has 1 heterocycles. The van der Waals surface area contributed by atoms with E-state index in [9.17, 15) is 9.59 Å². The number of aromatic carboxylic acids is 1. The van der Waals surface area contributed by atoms with E-state index in [0.717, 1.165) is 6.26 Å². The van der Waals surface area contributed by atoms with Crippen molar-refractivity contribution in [2.45, 2.75) is 0 Å². The van der Waals surface area contributed by atoms with Crippen molar-refractivity contribution < 1.29 is 23.8 Å². The molecule has 0 atom stereocenters. The van der Waals surface area contributed by atoms with Crippen LogP contribution in [0, 0.1) is 0 Å². The van der Waals surface area contributed by atoms with Crippen molar-refractivity contribution in [1.82, 2.24) is 10.3 Å². The van der Waals surface area contributed by atoms with Crippen LogP contribution in [0.2, 0.25) is 0 Å². The third-order valence-corrected chi connectivity index (χ3v) is 1.55. The Morgan fingerprint density at radius 2 is 2.44 bits per heavy atom. The van der Waals surface area contributed by atoms with Crippen LogP contribution in [0.3, 0.4) is 0 Å². The Balaban J connectivity index is 2.44. The van der Waals surface area contributed by atoms with Gasteiger partial charge in [0.15, 0.2) is 5.69 Å². The van der Waals surface area contributed by atoms with Crippen LogP contribution in [-0.2, 0) is 4.74 Å². The molecular weight excluding hydrogens is 216 g/mol. The number of carbonyl (C=O) groups excluding carboxylic acids is 1. The van der Waals surface area contributed by atoms with E-state index < -0.39 is 12.1 Å². The molecule has 1 rings (SSSR count). The zero-order valence-electron chi connectivity index (χ0n) is 8.47. The van der Waals surface area contributed by atoms with Crippen LogP contribution in [0.1, 0.15) is 16.4 Å². The predicted molar refractivity (Wildman–Crippen MR) is 52.9 cm³/mol. The third kappa shape index (κ3) is 3.45. The number of carboxylic acids is 1. The number of carboxylic acid groups (broad SMARTS) is 1. The van der Waals surface area contributed by atoms with Gasteiger partial charge in [0.1, 0.15) is 6.26 Å². The summed E-state index contributed by atoms with van der Waals surface area (Å²) in [5, 5.41) is 11.0. The molecular formula is C9H10N2O5. The lowest BCUT2D eigenvalue weighted by molar-refractivity contribution is 0.0690. The summed E-state index contributed by atoms with van der Waals surface area (Å²) in [6, 6.07) is 0. The largest absolute Gasteiger partial charge is 0.476 e. The fourth-order valence-electron chi connectivity index (χ4n) is 0.837. The van der Waals surface area contributed by atoms with Gasteiger partial charge < -0.3 is 19.6 Å². The van der Waals surface area contributed by atoms with Crippen molar-refractivity contribution in [2.75, 3.05) is 13.7 Å². The van der Waals surface area contributed by atoms with Gasteiger partial charge in [0.25, 0.3) is 0 Å². The highest BCUT2D eigenvalue weighted by Gasteiger charge is 2.07. The lowest BCUT2D eigenvalue weighted by Crippen LogP contribution is -2.22. The van der Waals surface area contributed by atoms with E-state index in [2.05, 4.69) is 15.0 Å². The second kappa shape index (κ2) is 5.54. The van der Waals surface area contributed by atoms with Crippen molar-refractivity contribution in [3.8, 4) is 0 Å². The summed E-state index contributed by atoms with van der Waals surface area (Å²) in [7, 11) is 1.26. The Morgan fingerprint density at radius 3 is 3.00 bits per heavy atom. The average Bonchev–Trinajstić information content (AvgIpc) is 2.72. The number of nitrogens with zero attached hydrogens (tertiary/aromatic N) is 1. The predicted octanol–water partition coefficient (Wildman–Crippen LogP) is 0.742. The lowest BCUT2D eigenvalue weighted by Gasteiger charge is -1.97. The van der Waals surface area contributed by atoms with Crippen molar-refractivity contribution in [3.63, 3.8) is 0 Å². The standard InChI is InChI=1S/C9H10N2O5/c1-15-9(14)10-4-2-3-7-11-6(5-16-7)8(12)13/h2-3,5H,4H2,1H3,(H,10,14)(H,12,13)/b3-2-. The molecule has 1 amide bonds. The van der Waals surface area contributed by atoms with Crippen molar-refractivity contribution in [2.24, 2.45) is 0 Å². The third-order valence-electron chi connectivity index (χ3n) is 1.55. The number of hydrogen-bond acceptors (Lipinski definition) is 5. The second-order valence-electron chi connectivity index (χ2n) is 2.65. The van der Waals surface area contributed by atoms with Gasteiger partial charge >= 0.3 is 12.1 Å². The number of carbonyl (C=O) groups is 2. The molecule has 16 heavy (non-hydrogen) atoms. The molecule has 7 nitrogen and oxygen atoms in total. The van der Waals surface area contributed by atoms with Crippen LogP contribution in [0.4, 0.5) is 4.79 Å². The number of hydrogen-bond donors (Lipinski definition) is 2. The molecule has 0 aliphatic heterocycles. The first kappa shape index (κ1) is 11.8. The van der Waals surface area contributed by atoms with E-state index in [-0.39, 0.29) is 18.1 Å². The molecule has 0 fully saturated rings. The summed E-state index contributed by atoms with van der Waals surface area (Å²) in [6.45, 7) is 0.234. The Labute approximate surface area is 90.7 Å². The van der Waals surface area contributed by atoms with Crippen LogP contribution in [0.5, 0.6) is 0 Å². The quantitative estimate of drug-likeness (QED) is 0.785. The number of rotatable bonds is 4. The summed E-state index contributed by atoms with van der Waals surface area (Å²) in [5.41, 5.74) is -0.166. The Bertz CT molecular complexity index is 410. The molecule has 0 saturated heterocycles. The topological polar surface area (TPSA) is 102 Å². The smallest absolute Gasteiger partial charge is 0.407 e. The van der Waals surface area contributed by atoms with Crippen LogP contribution < -0.4 is 5.32 Å². The molecule has 0 aliphatic rings. The van der Waals surface area contributed by atoms with Gasteiger partial charge in [0, 0.05) is 6.54 Å². The molecule has 0 unspecified atom stereocenters. The summed E-state index contributed by atoms with van der Waals surface area (Å²) >= 11 is 0. The zero-order valence-corrected chi connectivity index (χ0v) is 8.47. The number of oxazole rings is 1. The van der Waals surface area contributed by atoms with E-state index in [1.807, 2.05) is 0 Å². The first-order valence-corrected chi connectivity index (χ1v) is 4.30. The molecule has 1 aromatic heterocycles. The molecule has 0 bridgehead atoms. The molecule has 7 heteroatoms. The van der Waals surface area contributed by atoms with Gasteiger partial charge in [-0.3, -0.25) is 0 Å². The van der Waals surface area contributed by atoms with E-state index in [4.69, 9.17) is 9.52 Å². The first-order valence-electron chi connectivity index (χ1n) is 4.30. The van der Waals surface area contributed by atoms with Gasteiger partial charge in [0.05, 0.1) is 7.11 Å². The molecule has 1 aromatic rings. The van der Waals surface area contributed by atoms with Crippen molar-refractivity contribution in [1.29, 1.82) is 0 Å². The SMILES string of the molecule is COC(=O)NC/C=C\c1nc(C(=O)O)co1. The normalized spacial score (nSPS) is 10.3. The maximum absolute atomic E-state index is 10.6. The highest BCUT2D eigenvalue weighted by molar-refractivity contribution is 5.85. The van der Waals surface area contributed by atoms with Gasteiger partial charge in [0.2, 0.25) is 5.89 Å². The van der Waals surface area contributed by atoms with Gasteiger partial charge in [-0.1, -0.05) is 6.08 Å². The number of methoxy groups -OCH3 is 1. The van der Waals surface area contributed by atoms with Crippen LogP contribution in [0.25, 0.3) is 6.08 Å². The van der Waals surface area contributed by atoms with Crippen molar-refractivity contribution in [3.05, 3.63) is 23.9 Å². The maximum Gasteiger partial charge on any atom is 0.407 e. The second-order valence-corrected chi connectivity index (χ2v) is 2.65. The highest BCUT2D eigenvalue weighted by atomic mass is 16.5. The molecule has 0 aliphatic carbocycles. The Morgan fingerprint density at radius 1 is 1.69 bits per heavy atom. The van der Waals surface area contributed by atoms with E-state index >= 15 is 0 Å². The van der Waals surface area contributed by atoms with Gasteiger partial charge in [-0.05, 0) is 6.08 Å². The lowest BCUT2D eigenvalue weighted by atomic mass is 10.4. The summed E-state index contributed by atoms with van der Waals surface area (Å²) in [6.07, 6.45) is 3.48. The fraction of sp³-hybridized carbons (Fsp3) is 0.222. The van der Waals surface area contributed by atoms with Crippen LogP contribution >= 0.6 is 0 Å². The van der Waals surface area contributed by atoms with Gasteiger partial charge in [-0.2, -0.15) is 0 Å². The summed E-state index contributed by atoms with van der Waals surface area (Å²) in [5.74, 6) is -1.000. The molecule has 0 spiro atoms. The number of alkyl carbamates (subject to hydrolysis) is 1. The molecule has 86 valence electrons. The minimum Gasteiger partial charge on any atom is -0.476 e. The Kier molecular flexibility index (Phi) is 4.07. The Hall–Kier alpha value is -2.31. The number of ether oxygens (including phenoxy) is 1. The van der Waals surface area contributed by atoms with Crippen LogP contribution in [0.15, 0.2) is 16.8 Å². The summed E-state index contributed by atoms with van der Waals surface area (Å²) < 4.78 is 9.17. The average molecular weight is 226 g/mol. The molecule has 0 aromatic carbocycles.